The Morgan fingerprint density at radius 1 is 1.60 bits per heavy atom. The van der Waals surface area contributed by atoms with Crippen molar-refractivity contribution < 1.29 is 20.1 Å². The van der Waals surface area contributed by atoms with E-state index in [0.29, 0.717) is 0 Å². The van der Waals surface area contributed by atoms with Crippen molar-refractivity contribution in [3.05, 3.63) is 0 Å². The first-order chi connectivity index (χ1) is 4.50. The summed E-state index contributed by atoms with van der Waals surface area (Å²) in [6.45, 7) is 2.56. The summed E-state index contributed by atoms with van der Waals surface area (Å²) in [6.07, 6.45) is 0.854. The van der Waals surface area contributed by atoms with E-state index in [1.165, 1.54) is 6.92 Å². The van der Waals surface area contributed by atoms with E-state index in [4.69, 9.17) is 20.1 Å². The van der Waals surface area contributed by atoms with Gasteiger partial charge in [-0.05, 0) is 12.8 Å². The standard InChI is InChI=1S/C4H6O2.C2H4O2/c1-4(6)2-3-5;1-2(3)4/h4-6H,1H3;1H3,(H,3,4). The van der Waals surface area contributed by atoms with Crippen LogP contribution in [0.1, 0.15) is 13.8 Å². The average Bonchev–Trinajstić information content (AvgIpc) is 1.62. The Bertz CT molecular complexity index is 136. The fraction of sp³-hybridized carbons (Fsp3) is 0.500. The fourth-order valence-corrected chi connectivity index (χ4v) is 0.0934. The van der Waals surface area contributed by atoms with Crippen molar-refractivity contribution in [2.45, 2.75) is 20.0 Å². The third-order valence-electron chi connectivity index (χ3n) is 0.273. The van der Waals surface area contributed by atoms with Crippen LogP contribution in [0, 0.1) is 12.0 Å². The van der Waals surface area contributed by atoms with E-state index >= 15 is 0 Å². The molecule has 0 heterocycles. The first-order valence-electron chi connectivity index (χ1n) is 2.53. The SMILES string of the molecule is CC(=O)O.CC(O)C#CO. The predicted molar refractivity (Wildman–Crippen MR) is 34.7 cm³/mol. The molecule has 1 unspecified atom stereocenters. The van der Waals surface area contributed by atoms with Crippen LogP contribution in [0.25, 0.3) is 0 Å². The molecule has 0 spiro atoms. The molecule has 0 radical (unpaired) electrons. The summed E-state index contributed by atoms with van der Waals surface area (Å²) in [6, 6.07) is 0. The Labute approximate surface area is 59.1 Å². The molecule has 0 saturated heterocycles. The summed E-state index contributed by atoms with van der Waals surface area (Å²) in [5.74, 6) is 1.24. The molecule has 0 aliphatic rings. The lowest BCUT2D eigenvalue weighted by molar-refractivity contribution is -0.134. The number of carboxylic acid groups (broad SMARTS) is 1. The Morgan fingerprint density at radius 2 is 1.90 bits per heavy atom. The minimum absolute atomic E-state index is 0.713. The van der Waals surface area contributed by atoms with Crippen molar-refractivity contribution in [1.29, 1.82) is 0 Å². The fourth-order valence-electron chi connectivity index (χ4n) is 0.0934. The molecule has 0 aromatic carbocycles. The van der Waals surface area contributed by atoms with Crippen LogP contribution in [0.4, 0.5) is 0 Å². The summed E-state index contributed by atoms with van der Waals surface area (Å²) in [7, 11) is 0. The second kappa shape index (κ2) is 7.79. The number of aliphatic hydroxyl groups is 2. The second-order valence-corrected chi connectivity index (χ2v) is 1.45. The summed E-state index contributed by atoms with van der Waals surface area (Å²) >= 11 is 0. The molecule has 0 rings (SSSR count). The van der Waals surface area contributed by atoms with Gasteiger partial charge in [0.1, 0.15) is 12.2 Å². The minimum Gasteiger partial charge on any atom is -0.481 e. The maximum Gasteiger partial charge on any atom is 0.300 e. The third kappa shape index (κ3) is 71.0. The van der Waals surface area contributed by atoms with Gasteiger partial charge in [0.25, 0.3) is 5.97 Å². The van der Waals surface area contributed by atoms with Crippen LogP contribution in [0.15, 0.2) is 0 Å². The lowest BCUT2D eigenvalue weighted by Gasteiger charge is -1.81. The highest BCUT2D eigenvalue weighted by Crippen LogP contribution is 1.68. The molecule has 0 aliphatic carbocycles. The summed E-state index contributed by atoms with van der Waals surface area (Å²) in [5.41, 5.74) is 0. The molecule has 3 N–H and O–H groups in total. The van der Waals surface area contributed by atoms with Crippen molar-refractivity contribution >= 4 is 5.97 Å². The van der Waals surface area contributed by atoms with Gasteiger partial charge in [0.15, 0.2) is 0 Å². The first kappa shape index (κ1) is 11.6. The van der Waals surface area contributed by atoms with Gasteiger partial charge in [0.2, 0.25) is 0 Å². The van der Waals surface area contributed by atoms with Crippen LogP contribution in [-0.2, 0) is 4.79 Å². The summed E-state index contributed by atoms with van der Waals surface area (Å²) < 4.78 is 0. The quantitative estimate of drug-likeness (QED) is 0.413. The Morgan fingerprint density at radius 3 is 1.90 bits per heavy atom. The van der Waals surface area contributed by atoms with Crippen LogP contribution < -0.4 is 0 Å². The molecular weight excluding hydrogens is 136 g/mol. The zero-order valence-electron chi connectivity index (χ0n) is 5.83. The molecule has 0 aromatic rings. The first-order valence-corrected chi connectivity index (χ1v) is 2.53. The van der Waals surface area contributed by atoms with E-state index < -0.39 is 12.1 Å². The number of aliphatic carboxylic acids is 1. The van der Waals surface area contributed by atoms with Gasteiger partial charge < -0.3 is 15.3 Å². The van der Waals surface area contributed by atoms with Crippen LogP contribution in [-0.4, -0.2) is 27.4 Å². The highest BCUT2D eigenvalue weighted by Gasteiger charge is 1.78. The lowest BCUT2D eigenvalue weighted by Crippen LogP contribution is -1.91. The van der Waals surface area contributed by atoms with E-state index in [0.717, 1.165) is 6.92 Å². The molecule has 0 aliphatic heterocycles. The largest absolute Gasteiger partial charge is 0.481 e. The third-order valence-corrected chi connectivity index (χ3v) is 0.273. The monoisotopic (exact) mass is 146 g/mol. The van der Waals surface area contributed by atoms with Crippen molar-refractivity contribution in [3.8, 4) is 12.0 Å². The molecule has 4 nitrogen and oxygen atoms in total. The Hall–Kier alpha value is -1.21. The number of hydrogen-bond acceptors (Lipinski definition) is 3. The highest BCUT2D eigenvalue weighted by molar-refractivity contribution is 5.62. The number of carbonyl (C=O) groups is 1. The van der Waals surface area contributed by atoms with E-state index in [-0.39, 0.29) is 0 Å². The van der Waals surface area contributed by atoms with Gasteiger partial charge in [-0.3, -0.25) is 4.79 Å². The maximum atomic E-state index is 9.00. The number of rotatable bonds is 0. The van der Waals surface area contributed by atoms with Crippen molar-refractivity contribution in [2.24, 2.45) is 0 Å². The molecular formula is C6H10O4. The molecule has 58 valence electrons. The molecule has 0 fully saturated rings. The van der Waals surface area contributed by atoms with E-state index in [1.807, 2.05) is 0 Å². The second-order valence-electron chi connectivity index (χ2n) is 1.45. The summed E-state index contributed by atoms with van der Waals surface area (Å²) in [5, 5.41) is 23.4. The zero-order valence-corrected chi connectivity index (χ0v) is 5.83. The van der Waals surface area contributed by atoms with Gasteiger partial charge in [0.05, 0.1) is 0 Å². The molecule has 4 heteroatoms. The normalized spacial score (nSPS) is 9.50. The maximum absolute atomic E-state index is 9.00. The predicted octanol–water partition coefficient (Wildman–Crippen LogP) is -0.208. The van der Waals surface area contributed by atoms with Gasteiger partial charge in [-0.1, -0.05) is 0 Å². The molecule has 10 heavy (non-hydrogen) atoms. The minimum atomic E-state index is -0.833. The zero-order chi connectivity index (χ0) is 8.57. The molecule has 0 amide bonds. The molecule has 0 saturated carbocycles. The van der Waals surface area contributed by atoms with Crippen LogP contribution in [0.5, 0.6) is 0 Å². The smallest absolute Gasteiger partial charge is 0.300 e. The average molecular weight is 146 g/mol. The van der Waals surface area contributed by atoms with E-state index in [9.17, 15) is 0 Å². The van der Waals surface area contributed by atoms with E-state index in [1.54, 1.807) is 6.11 Å². The van der Waals surface area contributed by atoms with E-state index in [2.05, 4.69) is 5.92 Å². The van der Waals surface area contributed by atoms with Crippen LogP contribution >= 0.6 is 0 Å². The van der Waals surface area contributed by atoms with Crippen molar-refractivity contribution in [2.75, 3.05) is 0 Å². The molecule has 0 aromatic heterocycles. The molecule has 1 atom stereocenters. The Kier molecular flexibility index (Phi) is 9.01. The topological polar surface area (TPSA) is 77.8 Å². The van der Waals surface area contributed by atoms with Gasteiger partial charge in [-0.15, -0.1) is 0 Å². The molecule has 0 bridgehead atoms. The van der Waals surface area contributed by atoms with Gasteiger partial charge in [-0.2, -0.15) is 0 Å². The van der Waals surface area contributed by atoms with Crippen LogP contribution in [0.3, 0.4) is 0 Å². The van der Waals surface area contributed by atoms with Gasteiger partial charge in [-0.25, -0.2) is 0 Å². The van der Waals surface area contributed by atoms with Crippen molar-refractivity contribution in [1.82, 2.24) is 0 Å². The van der Waals surface area contributed by atoms with Crippen molar-refractivity contribution in [3.63, 3.8) is 0 Å². The van der Waals surface area contributed by atoms with Gasteiger partial charge in [0, 0.05) is 6.92 Å². The number of hydrogen-bond donors (Lipinski definition) is 3. The Balaban J connectivity index is 0. The highest BCUT2D eigenvalue weighted by atomic mass is 16.4. The summed E-state index contributed by atoms with van der Waals surface area (Å²) in [4.78, 5) is 9.00. The number of carboxylic acids is 1. The van der Waals surface area contributed by atoms with Crippen LogP contribution in [0.2, 0.25) is 0 Å². The van der Waals surface area contributed by atoms with Gasteiger partial charge >= 0.3 is 0 Å². The lowest BCUT2D eigenvalue weighted by atomic mass is 10.4. The number of aliphatic hydroxyl groups excluding tert-OH is 2.